The summed E-state index contributed by atoms with van der Waals surface area (Å²) in [6, 6.07) is 32.3. The molecule has 3 aromatic carbocycles. The third-order valence-corrected chi connectivity index (χ3v) is 7.79. The molecule has 0 N–H and O–H groups in total. The van der Waals surface area contributed by atoms with Gasteiger partial charge < -0.3 is 9.97 Å². The Morgan fingerprint density at radius 3 is 1.90 bits per heavy atom. The maximum Gasteiger partial charge on any atom is 0.0163 e. The van der Waals surface area contributed by atoms with E-state index in [1.165, 1.54) is 44.5 Å². The Balaban J connectivity index is 0.000000219. The van der Waals surface area contributed by atoms with Crippen LogP contribution in [0.5, 0.6) is 0 Å². The standard InChI is InChI=1S/C25H26N.C13H12N.Ir/c1-16-12-13-26-22(14-16)20-9-7-8-19-18-11-10-17(24(2,3)4)15-21(18)25(5,6)23(19)20;1-10-4-3-5-12(8-10)13-9-11(2)6-7-14-13;/h7-8,10-15H,1-6H3;3-4,6-9H,1-2H3;/q2*-1;. The van der Waals surface area contributed by atoms with E-state index < -0.39 is 0 Å². The Hall–Kier alpha value is -3.39. The molecule has 6 rings (SSSR count). The largest absolute Gasteiger partial charge is 0.305 e. The molecule has 1 aliphatic carbocycles. The van der Waals surface area contributed by atoms with Crippen molar-refractivity contribution in [3.8, 4) is 33.6 Å². The molecule has 0 bridgehead atoms. The molecule has 1 aliphatic rings. The number of rotatable bonds is 2. The van der Waals surface area contributed by atoms with Crippen molar-refractivity contribution in [2.24, 2.45) is 0 Å². The van der Waals surface area contributed by atoms with Crippen molar-refractivity contribution in [3.63, 3.8) is 0 Å². The molecular weight excluding hydrogens is 677 g/mol. The number of fused-ring (bicyclic) bond motifs is 3. The van der Waals surface area contributed by atoms with Crippen molar-refractivity contribution in [3.05, 3.63) is 131 Å². The van der Waals surface area contributed by atoms with Crippen LogP contribution >= 0.6 is 0 Å². The fraction of sp³-hybridized carbons (Fsp3) is 0.263. The van der Waals surface area contributed by atoms with Crippen LogP contribution in [0.15, 0.2) is 85.2 Å². The van der Waals surface area contributed by atoms with Gasteiger partial charge in [0.05, 0.1) is 0 Å². The SMILES string of the molecule is Cc1cc[c-]c(-c2cc(C)ccn2)c1.Cc1ccnc(-c2[c-]ccc3c2C(C)(C)c2cc(C(C)(C)C)ccc2-3)c1.[Ir]. The maximum atomic E-state index is 4.64. The molecule has 0 atom stereocenters. The number of hydrogen-bond acceptors (Lipinski definition) is 2. The van der Waals surface area contributed by atoms with Crippen molar-refractivity contribution >= 4 is 0 Å². The third kappa shape index (κ3) is 6.27. The molecule has 0 aliphatic heterocycles. The van der Waals surface area contributed by atoms with Crippen LogP contribution in [-0.4, -0.2) is 9.97 Å². The summed E-state index contributed by atoms with van der Waals surface area (Å²) in [5.74, 6) is 0. The fourth-order valence-electron chi connectivity index (χ4n) is 5.56. The van der Waals surface area contributed by atoms with Crippen LogP contribution in [0.3, 0.4) is 0 Å². The zero-order chi connectivity index (χ0) is 28.7. The second-order valence-corrected chi connectivity index (χ2v) is 12.5. The van der Waals surface area contributed by atoms with Crippen molar-refractivity contribution in [1.29, 1.82) is 0 Å². The molecule has 0 amide bonds. The van der Waals surface area contributed by atoms with Crippen LogP contribution < -0.4 is 0 Å². The molecule has 0 saturated heterocycles. The number of aromatic nitrogens is 2. The van der Waals surface area contributed by atoms with Crippen LogP contribution in [0.1, 0.15) is 68.0 Å². The minimum atomic E-state index is -0.0650. The quantitative estimate of drug-likeness (QED) is 0.170. The van der Waals surface area contributed by atoms with Gasteiger partial charge in [0.2, 0.25) is 0 Å². The molecule has 1 radical (unpaired) electrons. The molecule has 5 aromatic rings. The first-order valence-corrected chi connectivity index (χ1v) is 14.0. The van der Waals surface area contributed by atoms with E-state index in [1.807, 2.05) is 42.7 Å². The molecule has 2 heterocycles. The Bertz CT molecular complexity index is 1650. The van der Waals surface area contributed by atoms with Crippen LogP contribution in [0.25, 0.3) is 33.6 Å². The maximum absolute atomic E-state index is 4.64. The minimum Gasteiger partial charge on any atom is -0.305 e. The summed E-state index contributed by atoms with van der Waals surface area (Å²) in [5.41, 5.74) is 14.8. The molecular formula is C38H38IrN2-2. The van der Waals surface area contributed by atoms with Gasteiger partial charge in [-0.05, 0) is 64.9 Å². The van der Waals surface area contributed by atoms with E-state index >= 15 is 0 Å². The Kier molecular flexibility index (Phi) is 8.83. The monoisotopic (exact) mass is 715 g/mol. The number of benzene rings is 3. The Morgan fingerprint density at radius 1 is 0.659 bits per heavy atom. The number of hydrogen-bond donors (Lipinski definition) is 0. The van der Waals surface area contributed by atoms with Crippen LogP contribution in [-0.2, 0) is 30.9 Å². The van der Waals surface area contributed by atoms with Crippen molar-refractivity contribution in [2.75, 3.05) is 0 Å². The topological polar surface area (TPSA) is 25.8 Å². The summed E-state index contributed by atoms with van der Waals surface area (Å²) in [7, 11) is 0. The van der Waals surface area contributed by atoms with Gasteiger partial charge in [0, 0.05) is 32.5 Å². The molecule has 41 heavy (non-hydrogen) atoms. The third-order valence-electron chi connectivity index (χ3n) is 7.79. The number of pyridine rings is 2. The summed E-state index contributed by atoms with van der Waals surface area (Å²) < 4.78 is 0. The Morgan fingerprint density at radius 2 is 1.27 bits per heavy atom. The van der Waals surface area contributed by atoms with Gasteiger partial charge in [-0.1, -0.05) is 88.6 Å². The van der Waals surface area contributed by atoms with Gasteiger partial charge >= 0.3 is 0 Å². The van der Waals surface area contributed by atoms with Gasteiger partial charge in [0.1, 0.15) is 0 Å². The predicted octanol–water partition coefficient (Wildman–Crippen LogP) is 9.62. The second kappa shape index (κ2) is 11.8. The van der Waals surface area contributed by atoms with E-state index in [4.69, 9.17) is 0 Å². The summed E-state index contributed by atoms with van der Waals surface area (Å²) in [6.45, 7) is 17.8. The first kappa shape index (κ1) is 30.6. The van der Waals surface area contributed by atoms with Gasteiger partial charge in [0.15, 0.2) is 0 Å². The van der Waals surface area contributed by atoms with Crippen LogP contribution in [0.4, 0.5) is 0 Å². The van der Waals surface area contributed by atoms with Crippen molar-refractivity contribution in [2.45, 2.75) is 66.2 Å². The number of aryl methyl sites for hydroxylation is 3. The van der Waals surface area contributed by atoms with E-state index in [2.05, 4.69) is 120 Å². The Labute approximate surface area is 259 Å². The second-order valence-electron chi connectivity index (χ2n) is 12.5. The first-order chi connectivity index (χ1) is 18.9. The molecule has 0 spiro atoms. The minimum absolute atomic E-state index is 0. The van der Waals surface area contributed by atoms with E-state index in [1.54, 1.807) is 0 Å². The van der Waals surface area contributed by atoms with Gasteiger partial charge in [-0.15, -0.1) is 64.7 Å². The summed E-state index contributed by atoms with van der Waals surface area (Å²) in [5, 5.41) is 0. The molecule has 2 aromatic heterocycles. The van der Waals surface area contributed by atoms with E-state index in [0.717, 1.165) is 22.5 Å². The van der Waals surface area contributed by atoms with E-state index in [0.29, 0.717) is 0 Å². The normalized spacial score (nSPS) is 12.9. The molecule has 211 valence electrons. The van der Waals surface area contributed by atoms with Crippen molar-refractivity contribution in [1.82, 2.24) is 9.97 Å². The average molecular weight is 715 g/mol. The number of nitrogens with zero attached hydrogens (tertiary/aromatic N) is 2. The van der Waals surface area contributed by atoms with Gasteiger partial charge in [-0.2, -0.15) is 0 Å². The van der Waals surface area contributed by atoms with Crippen molar-refractivity contribution < 1.29 is 20.1 Å². The molecule has 2 nitrogen and oxygen atoms in total. The zero-order valence-corrected chi connectivity index (χ0v) is 27.7. The van der Waals surface area contributed by atoms with Gasteiger partial charge in [-0.25, -0.2) is 0 Å². The smallest absolute Gasteiger partial charge is 0.0163 e. The van der Waals surface area contributed by atoms with Crippen LogP contribution in [0, 0.1) is 32.9 Å². The summed E-state index contributed by atoms with van der Waals surface area (Å²) >= 11 is 0. The zero-order valence-electron chi connectivity index (χ0n) is 25.3. The molecule has 0 fully saturated rings. The first-order valence-electron chi connectivity index (χ1n) is 14.0. The molecule has 0 saturated carbocycles. The summed E-state index contributed by atoms with van der Waals surface area (Å²) in [4.78, 5) is 8.96. The van der Waals surface area contributed by atoms with E-state index in [-0.39, 0.29) is 30.9 Å². The van der Waals surface area contributed by atoms with Crippen LogP contribution in [0.2, 0.25) is 0 Å². The average Bonchev–Trinajstić information content (AvgIpc) is 3.15. The van der Waals surface area contributed by atoms with Gasteiger partial charge in [-0.3, -0.25) is 0 Å². The fourth-order valence-corrected chi connectivity index (χ4v) is 5.56. The van der Waals surface area contributed by atoms with Gasteiger partial charge in [0.25, 0.3) is 0 Å². The predicted molar refractivity (Wildman–Crippen MR) is 167 cm³/mol. The molecule has 0 unspecified atom stereocenters. The van der Waals surface area contributed by atoms with E-state index in [9.17, 15) is 0 Å². The summed E-state index contributed by atoms with van der Waals surface area (Å²) in [6.07, 6.45) is 3.73. The molecule has 3 heteroatoms.